The minimum absolute atomic E-state index is 0.243. The van der Waals surface area contributed by atoms with Crippen LogP contribution in [0.3, 0.4) is 0 Å². The maximum Gasteiger partial charge on any atom is 0.244 e. The Morgan fingerprint density at radius 3 is 3.05 bits per heavy atom. The lowest BCUT2D eigenvalue weighted by molar-refractivity contribution is -0.116. The third kappa shape index (κ3) is 3.66. The van der Waals surface area contributed by atoms with Crippen molar-refractivity contribution in [2.24, 2.45) is 0 Å². The Kier molecular flexibility index (Phi) is 4.30. The van der Waals surface area contributed by atoms with Crippen LogP contribution in [0.25, 0.3) is 17.2 Å². The number of hydrogen-bond donors (Lipinski definition) is 2. The molecule has 0 aliphatic rings. The number of carbonyl (C=O) groups is 1. The summed E-state index contributed by atoms with van der Waals surface area (Å²) in [6.07, 6.45) is 2.94. The number of aliphatic hydroxyl groups is 1. The van der Waals surface area contributed by atoms with Crippen LogP contribution in [0.15, 0.2) is 34.8 Å². The molecule has 100 valence electrons. The number of amides is 1. The molecule has 19 heavy (non-hydrogen) atoms. The molecule has 0 saturated carbocycles. The minimum atomic E-state index is -0.512. The van der Waals surface area contributed by atoms with Crippen LogP contribution in [0, 0.1) is 0 Å². The van der Waals surface area contributed by atoms with Gasteiger partial charge in [-0.2, -0.15) is 0 Å². The molecule has 1 unspecified atom stereocenters. The quantitative estimate of drug-likeness (QED) is 0.803. The SMILES string of the molecule is CCC(O)CNC(=O)/C=C/c1nc2ccccc2o1. The third-order valence-electron chi connectivity index (χ3n) is 2.67. The van der Waals surface area contributed by atoms with Gasteiger partial charge in [-0.25, -0.2) is 4.98 Å². The second-order valence-electron chi connectivity index (χ2n) is 4.16. The summed E-state index contributed by atoms with van der Waals surface area (Å²) < 4.78 is 5.44. The first-order valence-corrected chi connectivity index (χ1v) is 6.18. The van der Waals surface area contributed by atoms with E-state index in [0.29, 0.717) is 17.9 Å². The van der Waals surface area contributed by atoms with Crippen LogP contribution < -0.4 is 5.32 Å². The fraction of sp³-hybridized carbons (Fsp3) is 0.286. The first-order valence-electron chi connectivity index (χ1n) is 6.18. The minimum Gasteiger partial charge on any atom is -0.437 e. The topological polar surface area (TPSA) is 75.4 Å². The number of oxazole rings is 1. The number of nitrogens with zero attached hydrogens (tertiary/aromatic N) is 1. The average molecular weight is 260 g/mol. The van der Waals surface area contributed by atoms with E-state index in [9.17, 15) is 9.90 Å². The highest BCUT2D eigenvalue weighted by atomic mass is 16.3. The van der Waals surface area contributed by atoms with Crippen LogP contribution in [-0.2, 0) is 4.79 Å². The van der Waals surface area contributed by atoms with Gasteiger partial charge in [0, 0.05) is 18.7 Å². The van der Waals surface area contributed by atoms with Crippen molar-refractivity contribution < 1.29 is 14.3 Å². The summed E-state index contributed by atoms with van der Waals surface area (Å²) in [4.78, 5) is 15.7. The largest absolute Gasteiger partial charge is 0.437 e. The van der Waals surface area contributed by atoms with Crippen molar-refractivity contribution in [3.63, 3.8) is 0 Å². The molecule has 2 N–H and O–H groups in total. The zero-order chi connectivity index (χ0) is 13.7. The molecule has 5 nitrogen and oxygen atoms in total. The van der Waals surface area contributed by atoms with Gasteiger partial charge in [-0.15, -0.1) is 0 Å². The number of hydrogen-bond acceptors (Lipinski definition) is 4. The number of benzene rings is 1. The maximum atomic E-state index is 11.5. The fourth-order valence-corrected chi connectivity index (χ4v) is 1.53. The Labute approximate surface area is 110 Å². The van der Waals surface area contributed by atoms with E-state index in [1.165, 1.54) is 12.2 Å². The number of carbonyl (C=O) groups excluding carboxylic acids is 1. The summed E-state index contributed by atoms with van der Waals surface area (Å²) in [6.45, 7) is 2.10. The average Bonchev–Trinajstić information content (AvgIpc) is 2.85. The number of rotatable bonds is 5. The standard InChI is InChI=1S/C14H16N2O3/c1-2-10(17)9-15-13(18)7-8-14-16-11-5-3-4-6-12(11)19-14/h3-8,10,17H,2,9H2,1H3,(H,15,18)/b8-7+. The van der Waals surface area contributed by atoms with Crippen molar-refractivity contribution in [2.45, 2.75) is 19.4 Å². The lowest BCUT2D eigenvalue weighted by Gasteiger charge is -2.06. The molecule has 0 bridgehead atoms. The number of nitrogens with one attached hydrogen (secondary N) is 1. The Bertz CT molecular complexity index is 556. The molecule has 1 amide bonds. The highest BCUT2D eigenvalue weighted by Crippen LogP contribution is 2.15. The van der Waals surface area contributed by atoms with Crippen LogP contribution >= 0.6 is 0 Å². The number of aromatic nitrogens is 1. The van der Waals surface area contributed by atoms with Gasteiger partial charge in [0.15, 0.2) is 5.58 Å². The van der Waals surface area contributed by atoms with E-state index in [1.54, 1.807) is 0 Å². The highest BCUT2D eigenvalue weighted by Gasteiger charge is 2.04. The zero-order valence-electron chi connectivity index (χ0n) is 10.7. The van der Waals surface area contributed by atoms with E-state index in [-0.39, 0.29) is 12.5 Å². The van der Waals surface area contributed by atoms with Gasteiger partial charge in [0.1, 0.15) is 5.52 Å². The van der Waals surface area contributed by atoms with Crippen LogP contribution in [0.4, 0.5) is 0 Å². The van der Waals surface area contributed by atoms with Gasteiger partial charge in [0.25, 0.3) is 0 Å². The van der Waals surface area contributed by atoms with Crippen molar-refractivity contribution in [3.8, 4) is 0 Å². The van der Waals surface area contributed by atoms with Gasteiger partial charge >= 0.3 is 0 Å². The van der Waals surface area contributed by atoms with Gasteiger partial charge in [0.2, 0.25) is 11.8 Å². The van der Waals surface area contributed by atoms with E-state index in [1.807, 2.05) is 31.2 Å². The second-order valence-corrected chi connectivity index (χ2v) is 4.16. The second kappa shape index (κ2) is 6.15. The predicted octanol–water partition coefficient (Wildman–Crippen LogP) is 1.73. The number of fused-ring (bicyclic) bond motifs is 1. The summed E-state index contributed by atoms with van der Waals surface area (Å²) in [7, 11) is 0. The fourth-order valence-electron chi connectivity index (χ4n) is 1.53. The Morgan fingerprint density at radius 2 is 2.32 bits per heavy atom. The molecule has 0 radical (unpaired) electrons. The van der Waals surface area contributed by atoms with E-state index < -0.39 is 6.10 Å². The molecule has 1 atom stereocenters. The summed E-state index contributed by atoms with van der Waals surface area (Å²) >= 11 is 0. The first kappa shape index (κ1) is 13.3. The predicted molar refractivity (Wildman–Crippen MR) is 72.4 cm³/mol. The Hall–Kier alpha value is -2.14. The van der Waals surface area contributed by atoms with E-state index in [4.69, 9.17) is 4.42 Å². The molecule has 0 spiro atoms. The van der Waals surface area contributed by atoms with Gasteiger partial charge in [-0.1, -0.05) is 19.1 Å². The highest BCUT2D eigenvalue weighted by molar-refractivity contribution is 5.91. The normalized spacial score (nSPS) is 12.9. The number of para-hydroxylation sites is 2. The van der Waals surface area contributed by atoms with Crippen molar-refractivity contribution in [1.29, 1.82) is 0 Å². The monoisotopic (exact) mass is 260 g/mol. The van der Waals surface area contributed by atoms with Crippen LogP contribution in [0.1, 0.15) is 19.2 Å². The van der Waals surface area contributed by atoms with Gasteiger partial charge in [-0.3, -0.25) is 4.79 Å². The van der Waals surface area contributed by atoms with Crippen molar-refractivity contribution in [1.82, 2.24) is 10.3 Å². The lowest BCUT2D eigenvalue weighted by atomic mass is 10.3. The van der Waals surface area contributed by atoms with Crippen molar-refractivity contribution in [2.75, 3.05) is 6.54 Å². The van der Waals surface area contributed by atoms with E-state index >= 15 is 0 Å². The molecular weight excluding hydrogens is 244 g/mol. The van der Waals surface area contributed by atoms with Crippen molar-refractivity contribution >= 4 is 23.1 Å². The molecule has 0 aliphatic carbocycles. The van der Waals surface area contributed by atoms with Crippen LogP contribution in [0.2, 0.25) is 0 Å². The molecule has 2 rings (SSSR count). The molecule has 1 aromatic carbocycles. The van der Waals surface area contributed by atoms with Crippen molar-refractivity contribution in [3.05, 3.63) is 36.2 Å². The molecule has 0 fully saturated rings. The number of aliphatic hydroxyl groups excluding tert-OH is 1. The molecule has 1 aromatic heterocycles. The molecule has 2 aromatic rings. The Balaban J connectivity index is 1.96. The molecule has 1 heterocycles. The smallest absolute Gasteiger partial charge is 0.244 e. The van der Waals surface area contributed by atoms with Gasteiger partial charge in [-0.05, 0) is 18.6 Å². The van der Waals surface area contributed by atoms with E-state index in [0.717, 1.165) is 5.52 Å². The maximum absolute atomic E-state index is 11.5. The molecular formula is C14H16N2O3. The molecule has 0 aliphatic heterocycles. The zero-order valence-corrected chi connectivity index (χ0v) is 10.7. The van der Waals surface area contributed by atoms with Gasteiger partial charge in [0.05, 0.1) is 6.10 Å². The third-order valence-corrected chi connectivity index (χ3v) is 2.67. The Morgan fingerprint density at radius 1 is 1.53 bits per heavy atom. The summed E-state index contributed by atoms with van der Waals surface area (Å²) in [5.74, 6) is 0.0992. The lowest BCUT2D eigenvalue weighted by Crippen LogP contribution is -2.30. The summed E-state index contributed by atoms with van der Waals surface area (Å²) in [5, 5.41) is 11.9. The van der Waals surface area contributed by atoms with Crippen LogP contribution in [0.5, 0.6) is 0 Å². The molecule has 5 heteroatoms. The molecule has 0 saturated heterocycles. The van der Waals surface area contributed by atoms with Gasteiger partial charge < -0.3 is 14.8 Å². The summed E-state index contributed by atoms with van der Waals surface area (Å²) in [6, 6.07) is 7.39. The first-order chi connectivity index (χ1) is 9.19. The summed E-state index contributed by atoms with van der Waals surface area (Å²) in [5.41, 5.74) is 1.44. The van der Waals surface area contributed by atoms with E-state index in [2.05, 4.69) is 10.3 Å². The van der Waals surface area contributed by atoms with Crippen LogP contribution in [-0.4, -0.2) is 28.6 Å².